The second kappa shape index (κ2) is 5.86. The Morgan fingerprint density at radius 3 is 2.96 bits per heavy atom. The van der Waals surface area contributed by atoms with Gasteiger partial charge in [-0.15, -0.1) is 0 Å². The van der Waals surface area contributed by atoms with Gasteiger partial charge in [0.1, 0.15) is 5.75 Å². The van der Waals surface area contributed by atoms with Gasteiger partial charge in [-0.1, -0.05) is 17.4 Å². The number of nitrogens with two attached hydrogens (primary N) is 1. The third-order valence-electron chi connectivity index (χ3n) is 4.50. The molecule has 6 heteroatoms. The van der Waals surface area contributed by atoms with Gasteiger partial charge in [-0.3, -0.25) is 4.79 Å². The van der Waals surface area contributed by atoms with Crippen LogP contribution in [0.5, 0.6) is 10.8 Å². The molecule has 120 valence electrons. The molecule has 0 unspecified atom stereocenters. The van der Waals surface area contributed by atoms with Crippen LogP contribution in [0, 0.1) is 0 Å². The zero-order valence-corrected chi connectivity index (χ0v) is 13.4. The van der Waals surface area contributed by atoms with Gasteiger partial charge in [0.2, 0.25) is 0 Å². The van der Waals surface area contributed by atoms with Crippen molar-refractivity contribution >= 4 is 22.9 Å². The lowest BCUT2D eigenvalue weighted by atomic mass is 9.95. The molecule has 3 heterocycles. The summed E-state index contributed by atoms with van der Waals surface area (Å²) >= 11 is 1.35. The number of nitrogens with one attached hydrogen (secondary N) is 2. The zero-order chi connectivity index (χ0) is 15.8. The van der Waals surface area contributed by atoms with E-state index >= 15 is 0 Å². The molecule has 2 aromatic rings. The first-order valence-corrected chi connectivity index (χ1v) is 8.69. The highest BCUT2D eigenvalue weighted by Crippen LogP contribution is 2.32. The molecule has 0 aliphatic carbocycles. The Labute approximate surface area is 138 Å². The minimum absolute atomic E-state index is 0.0169. The van der Waals surface area contributed by atoms with Gasteiger partial charge in [-0.2, -0.15) is 0 Å². The largest absolute Gasteiger partial charge is 0.447 e. The van der Waals surface area contributed by atoms with E-state index in [2.05, 4.69) is 10.6 Å². The minimum Gasteiger partial charge on any atom is -0.447 e. The summed E-state index contributed by atoms with van der Waals surface area (Å²) in [5.41, 5.74) is 6.39. The van der Waals surface area contributed by atoms with Crippen molar-refractivity contribution in [2.75, 3.05) is 5.73 Å². The highest BCUT2D eigenvalue weighted by Gasteiger charge is 2.39. The molecule has 4 rings (SSSR count). The maximum atomic E-state index is 12.4. The molecule has 4 N–H and O–H groups in total. The van der Waals surface area contributed by atoms with Gasteiger partial charge in [0, 0.05) is 29.9 Å². The second-order valence-corrected chi connectivity index (χ2v) is 7.20. The lowest BCUT2D eigenvalue weighted by molar-refractivity contribution is 0.0935. The quantitative estimate of drug-likeness (QED) is 0.754. The SMILES string of the molecule is Nc1cccc(Oc2ccc(C(=O)N[C@@H]3C[C@H]4CC[C@@H]3N4)s2)c1. The van der Waals surface area contributed by atoms with Gasteiger partial charge in [-0.05, 0) is 43.5 Å². The molecule has 2 aliphatic heterocycles. The van der Waals surface area contributed by atoms with Crippen LogP contribution in [0.2, 0.25) is 0 Å². The predicted molar refractivity (Wildman–Crippen MR) is 91.1 cm³/mol. The third-order valence-corrected chi connectivity index (χ3v) is 5.46. The molecule has 1 aromatic carbocycles. The van der Waals surface area contributed by atoms with Crippen LogP contribution >= 0.6 is 11.3 Å². The van der Waals surface area contributed by atoms with Gasteiger partial charge in [0.05, 0.1) is 4.88 Å². The lowest BCUT2D eigenvalue weighted by Gasteiger charge is -2.20. The van der Waals surface area contributed by atoms with Crippen LogP contribution in [0.1, 0.15) is 28.9 Å². The first-order chi connectivity index (χ1) is 11.2. The maximum Gasteiger partial charge on any atom is 0.261 e. The van der Waals surface area contributed by atoms with Crippen molar-refractivity contribution in [2.24, 2.45) is 0 Å². The van der Waals surface area contributed by atoms with E-state index in [9.17, 15) is 4.79 Å². The van der Waals surface area contributed by atoms with E-state index < -0.39 is 0 Å². The third kappa shape index (κ3) is 3.04. The maximum absolute atomic E-state index is 12.4. The Hall–Kier alpha value is -2.05. The number of hydrogen-bond acceptors (Lipinski definition) is 5. The van der Waals surface area contributed by atoms with Crippen LogP contribution in [-0.2, 0) is 0 Å². The van der Waals surface area contributed by atoms with Crippen LogP contribution in [0.25, 0.3) is 0 Å². The fourth-order valence-corrected chi connectivity index (χ4v) is 4.19. The number of ether oxygens (including phenoxy) is 1. The van der Waals surface area contributed by atoms with Crippen LogP contribution in [0.15, 0.2) is 36.4 Å². The monoisotopic (exact) mass is 329 g/mol. The van der Waals surface area contributed by atoms with Crippen LogP contribution in [-0.4, -0.2) is 24.0 Å². The fraction of sp³-hybridized carbons (Fsp3) is 0.353. The number of thiophene rings is 1. The Kier molecular flexibility index (Phi) is 3.71. The molecule has 2 bridgehead atoms. The number of amides is 1. The van der Waals surface area contributed by atoms with Gasteiger partial charge in [0.25, 0.3) is 5.91 Å². The number of benzene rings is 1. The summed E-state index contributed by atoms with van der Waals surface area (Å²) < 4.78 is 5.76. The average molecular weight is 329 g/mol. The van der Waals surface area contributed by atoms with E-state index in [-0.39, 0.29) is 11.9 Å². The number of nitrogen functional groups attached to an aromatic ring is 1. The number of carbonyl (C=O) groups is 1. The predicted octanol–water partition coefficient (Wildman–Crippen LogP) is 2.75. The molecule has 0 radical (unpaired) electrons. The summed E-state index contributed by atoms with van der Waals surface area (Å²) in [5, 5.41) is 7.36. The summed E-state index contributed by atoms with van der Waals surface area (Å²) in [6, 6.07) is 12.2. The first kappa shape index (κ1) is 14.5. The first-order valence-electron chi connectivity index (χ1n) is 7.87. The van der Waals surface area contributed by atoms with Crippen molar-refractivity contribution in [3.63, 3.8) is 0 Å². The molecule has 2 saturated heterocycles. The summed E-state index contributed by atoms with van der Waals surface area (Å²) in [6.07, 6.45) is 3.42. The molecular formula is C17H19N3O2S. The molecule has 0 saturated carbocycles. The van der Waals surface area contributed by atoms with Crippen LogP contribution in [0.4, 0.5) is 5.69 Å². The summed E-state index contributed by atoms with van der Waals surface area (Å²) in [4.78, 5) is 13.1. The molecular weight excluding hydrogens is 310 g/mol. The van der Waals surface area contributed by atoms with Crippen molar-refractivity contribution in [1.82, 2.24) is 10.6 Å². The summed E-state index contributed by atoms with van der Waals surface area (Å²) in [5.74, 6) is 0.660. The molecule has 1 amide bonds. The van der Waals surface area contributed by atoms with Crippen LogP contribution < -0.4 is 21.1 Å². The number of rotatable bonds is 4. The van der Waals surface area contributed by atoms with Crippen molar-refractivity contribution in [3.8, 4) is 10.8 Å². The van der Waals surface area contributed by atoms with Crippen molar-refractivity contribution < 1.29 is 9.53 Å². The van der Waals surface area contributed by atoms with E-state index in [1.54, 1.807) is 6.07 Å². The summed E-state index contributed by atoms with van der Waals surface area (Å²) in [6.45, 7) is 0. The van der Waals surface area contributed by atoms with E-state index in [4.69, 9.17) is 10.5 Å². The molecule has 1 aromatic heterocycles. The highest BCUT2D eigenvalue weighted by atomic mass is 32.1. The van der Waals surface area contributed by atoms with Gasteiger partial charge in [-0.25, -0.2) is 0 Å². The van der Waals surface area contributed by atoms with Crippen LogP contribution in [0.3, 0.4) is 0 Å². The van der Waals surface area contributed by atoms with Crippen molar-refractivity contribution in [2.45, 2.75) is 37.4 Å². The molecule has 5 nitrogen and oxygen atoms in total. The number of hydrogen-bond donors (Lipinski definition) is 3. The minimum atomic E-state index is -0.0169. The number of carbonyl (C=O) groups excluding carboxylic acids is 1. The van der Waals surface area contributed by atoms with Gasteiger partial charge >= 0.3 is 0 Å². The Bertz CT molecular complexity index is 730. The molecule has 2 aliphatic rings. The lowest BCUT2D eigenvalue weighted by Crippen LogP contribution is -2.42. The Balaban J connectivity index is 1.40. The van der Waals surface area contributed by atoms with Gasteiger partial charge < -0.3 is 21.1 Å². The highest BCUT2D eigenvalue weighted by molar-refractivity contribution is 7.15. The zero-order valence-electron chi connectivity index (χ0n) is 12.6. The smallest absolute Gasteiger partial charge is 0.261 e. The number of anilines is 1. The fourth-order valence-electron chi connectivity index (χ4n) is 3.41. The molecule has 0 spiro atoms. The van der Waals surface area contributed by atoms with Crippen molar-refractivity contribution in [3.05, 3.63) is 41.3 Å². The molecule has 23 heavy (non-hydrogen) atoms. The van der Waals surface area contributed by atoms with E-state index in [0.717, 1.165) is 12.8 Å². The van der Waals surface area contributed by atoms with Gasteiger partial charge in [0.15, 0.2) is 5.06 Å². The Morgan fingerprint density at radius 1 is 1.30 bits per heavy atom. The molecule has 2 fully saturated rings. The van der Waals surface area contributed by atoms with E-state index in [0.29, 0.717) is 33.5 Å². The standard InChI is InChI=1S/C17H19N3O2S/c18-10-2-1-3-12(8-10)22-16-7-6-15(23-16)17(21)20-14-9-11-4-5-13(14)19-11/h1-3,6-8,11,13-14,19H,4-5,9,18H2,(H,20,21)/t11-,13+,14-/m1/s1. The second-order valence-electron chi connectivity index (χ2n) is 6.16. The Morgan fingerprint density at radius 2 is 2.22 bits per heavy atom. The number of fused-ring (bicyclic) bond motifs is 2. The average Bonchev–Trinajstić information content (AvgIpc) is 3.23. The normalized spacial score (nSPS) is 25.5. The van der Waals surface area contributed by atoms with Crippen molar-refractivity contribution in [1.29, 1.82) is 0 Å². The van der Waals surface area contributed by atoms with E-state index in [1.807, 2.05) is 30.3 Å². The van der Waals surface area contributed by atoms with E-state index in [1.165, 1.54) is 17.8 Å². The topological polar surface area (TPSA) is 76.4 Å². The summed E-state index contributed by atoms with van der Waals surface area (Å²) in [7, 11) is 0. The molecule has 3 atom stereocenters.